The van der Waals surface area contributed by atoms with Crippen LogP contribution < -0.4 is 0 Å². The van der Waals surface area contributed by atoms with Gasteiger partial charge in [0.1, 0.15) is 0 Å². The Labute approximate surface area is 104 Å². The predicted octanol–water partition coefficient (Wildman–Crippen LogP) is 3.36. The Balaban J connectivity index is 2.77. The maximum Gasteiger partial charge on any atom is 0.297 e. The minimum atomic E-state index is -3.60. The van der Waals surface area contributed by atoms with E-state index in [-0.39, 0.29) is 11.0 Å². The first-order valence-corrected chi connectivity index (χ1v) is 7.49. The summed E-state index contributed by atoms with van der Waals surface area (Å²) in [5, 5.41) is 0. The van der Waals surface area contributed by atoms with Gasteiger partial charge in [-0.2, -0.15) is 8.42 Å². The lowest BCUT2D eigenvalue weighted by atomic mass is 10.1. The Morgan fingerprint density at radius 3 is 2.06 bits per heavy atom. The maximum atomic E-state index is 12.0. The molecule has 3 nitrogen and oxygen atoms in total. The zero-order chi connectivity index (χ0) is 12.7. The van der Waals surface area contributed by atoms with E-state index in [1.165, 1.54) is 0 Å². The van der Waals surface area contributed by atoms with Crippen LogP contribution in [0, 0.1) is 0 Å². The quantitative estimate of drug-likeness (QED) is 0.703. The second-order valence-corrected chi connectivity index (χ2v) is 5.63. The zero-order valence-electron chi connectivity index (χ0n) is 10.4. The Morgan fingerprint density at radius 1 is 1.06 bits per heavy atom. The predicted molar refractivity (Wildman–Crippen MR) is 68.3 cm³/mol. The van der Waals surface area contributed by atoms with Crippen molar-refractivity contribution in [2.75, 3.05) is 0 Å². The van der Waals surface area contributed by atoms with Gasteiger partial charge in [-0.3, -0.25) is 4.18 Å². The van der Waals surface area contributed by atoms with E-state index in [0.717, 1.165) is 25.7 Å². The van der Waals surface area contributed by atoms with E-state index >= 15 is 0 Å². The van der Waals surface area contributed by atoms with E-state index in [1.54, 1.807) is 30.3 Å². The van der Waals surface area contributed by atoms with Crippen LogP contribution >= 0.6 is 0 Å². The van der Waals surface area contributed by atoms with Gasteiger partial charge < -0.3 is 0 Å². The number of hydrogen-bond donors (Lipinski definition) is 0. The molecule has 0 aliphatic heterocycles. The summed E-state index contributed by atoms with van der Waals surface area (Å²) in [6, 6.07) is 8.30. The molecule has 4 heteroatoms. The van der Waals surface area contributed by atoms with Gasteiger partial charge in [-0.15, -0.1) is 0 Å². The first-order chi connectivity index (χ1) is 8.10. The van der Waals surface area contributed by atoms with Crippen LogP contribution in [0.2, 0.25) is 0 Å². The maximum absolute atomic E-state index is 12.0. The Hall–Kier alpha value is -0.870. The van der Waals surface area contributed by atoms with E-state index in [1.807, 2.05) is 13.8 Å². The molecule has 1 rings (SSSR count). The molecule has 96 valence electrons. The van der Waals surface area contributed by atoms with Gasteiger partial charge in [-0.25, -0.2) is 0 Å². The molecule has 0 radical (unpaired) electrons. The van der Waals surface area contributed by atoms with E-state index in [4.69, 9.17) is 4.18 Å². The first-order valence-electron chi connectivity index (χ1n) is 6.08. The fraction of sp³-hybridized carbons (Fsp3) is 0.538. The normalized spacial score (nSPS) is 11.9. The summed E-state index contributed by atoms with van der Waals surface area (Å²) < 4.78 is 29.2. The van der Waals surface area contributed by atoms with E-state index < -0.39 is 10.1 Å². The van der Waals surface area contributed by atoms with Gasteiger partial charge in [0.15, 0.2) is 0 Å². The van der Waals surface area contributed by atoms with Crippen LogP contribution in [0.1, 0.15) is 39.5 Å². The van der Waals surface area contributed by atoms with Crippen LogP contribution in [0.3, 0.4) is 0 Å². The largest absolute Gasteiger partial charge is 0.297 e. The second kappa shape index (κ2) is 6.77. The molecular weight excluding hydrogens is 236 g/mol. The summed E-state index contributed by atoms with van der Waals surface area (Å²) in [7, 11) is -3.60. The second-order valence-electron chi connectivity index (χ2n) is 4.06. The Bertz CT molecular complexity index is 406. The lowest BCUT2D eigenvalue weighted by Crippen LogP contribution is -2.18. The Morgan fingerprint density at radius 2 is 1.59 bits per heavy atom. The van der Waals surface area contributed by atoms with Gasteiger partial charge in [0, 0.05) is 0 Å². The minimum absolute atomic E-state index is 0.199. The van der Waals surface area contributed by atoms with E-state index in [2.05, 4.69) is 0 Å². The highest BCUT2D eigenvalue weighted by Crippen LogP contribution is 2.18. The molecule has 1 aromatic rings. The molecule has 0 bridgehead atoms. The topological polar surface area (TPSA) is 43.4 Å². The SMILES string of the molecule is CCCC(CCC)OS(=O)(=O)c1ccccc1. The van der Waals surface area contributed by atoms with E-state index in [9.17, 15) is 8.42 Å². The van der Waals surface area contributed by atoms with Crippen LogP contribution in [0.15, 0.2) is 35.2 Å². The van der Waals surface area contributed by atoms with Crippen LogP contribution in [-0.4, -0.2) is 14.5 Å². The lowest BCUT2D eigenvalue weighted by Gasteiger charge is -2.15. The molecule has 0 aliphatic carbocycles. The molecule has 0 saturated heterocycles. The summed E-state index contributed by atoms with van der Waals surface area (Å²) in [6.45, 7) is 4.06. The van der Waals surface area contributed by atoms with Gasteiger partial charge >= 0.3 is 0 Å². The van der Waals surface area contributed by atoms with Crippen molar-refractivity contribution in [3.8, 4) is 0 Å². The van der Waals surface area contributed by atoms with Crippen LogP contribution in [0.4, 0.5) is 0 Å². The molecule has 17 heavy (non-hydrogen) atoms. The molecule has 0 unspecified atom stereocenters. The fourth-order valence-electron chi connectivity index (χ4n) is 1.71. The third kappa shape index (κ3) is 4.48. The first kappa shape index (κ1) is 14.2. The molecular formula is C13H20O3S. The third-order valence-electron chi connectivity index (χ3n) is 2.52. The molecule has 0 saturated carbocycles. The standard InChI is InChI=1S/C13H20O3S/c1-3-8-12(9-4-2)16-17(14,15)13-10-6-5-7-11-13/h5-7,10-12H,3-4,8-9H2,1-2H3. The van der Waals surface area contributed by atoms with Crippen molar-refractivity contribution in [2.45, 2.75) is 50.5 Å². The monoisotopic (exact) mass is 256 g/mol. The summed E-state index contributed by atoms with van der Waals surface area (Å²) >= 11 is 0. The molecule has 0 heterocycles. The van der Waals surface area contributed by atoms with Gasteiger partial charge in [0.2, 0.25) is 0 Å². The summed E-state index contributed by atoms with van der Waals surface area (Å²) in [6.07, 6.45) is 3.21. The number of rotatable bonds is 7. The third-order valence-corrected chi connectivity index (χ3v) is 3.89. The van der Waals surface area contributed by atoms with Crippen LogP contribution in [-0.2, 0) is 14.3 Å². The van der Waals surface area contributed by atoms with Gasteiger partial charge in [0.25, 0.3) is 10.1 Å². The average Bonchev–Trinajstić information content (AvgIpc) is 2.30. The molecule has 0 N–H and O–H groups in total. The molecule has 0 fully saturated rings. The summed E-state index contributed by atoms with van der Waals surface area (Å²) in [5.41, 5.74) is 0. The van der Waals surface area contributed by atoms with Crippen molar-refractivity contribution < 1.29 is 12.6 Å². The smallest absolute Gasteiger partial charge is 0.263 e. The van der Waals surface area contributed by atoms with Gasteiger partial charge in [-0.05, 0) is 25.0 Å². The van der Waals surface area contributed by atoms with Crippen molar-refractivity contribution in [3.63, 3.8) is 0 Å². The average molecular weight is 256 g/mol. The van der Waals surface area contributed by atoms with Crippen molar-refractivity contribution in [3.05, 3.63) is 30.3 Å². The highest BCUT2D eigenvalue weighted by molar-refractivity contribution is 7.86. The molecule has 1 aromatic carbocycles. The fourth-order valence-corrected chi connectivity index (χ4v) is 2.86. The molecule has 0 atom stereocenters. The highest BCUT2D eigenvalue weighted by Gasteiger charge is 2.20. The summed E-state index contributed by atoms with van der Waals surface area (Å²) in [5.74, 6) is 0. The minimum Gasteiger partial charge on any atom is -0.263 e. The van der Waals surface area contributed by atoms with Crippen molar-refractivity contribution in [1.82, 2.24) is 0 Å². The molecule has 0 spiro atoms. The number of benzene rings is 1. The Kier molecular flexibility index (Phi) is 5.65. The summed E-state index contributed by atoms with van der Waals surface area (Å²) in [4.78, 5) is 0.234. The van der Waals surface area contributed by atoms with Gasteiger partial charge in [-0.1, -0.05) is 44.9 Å². The van der Waals surface area contributed by atoms with Crippen LogP contribution in [0.25, 0.3) is 0 Å². The molecule has 0 aliphatic rings. The highest BCUT2D eigenvalue weighted by atomic mass is 32.2. The molecule has 0 aromatic heterocycles. The molecule has 0 amide bonds. The number of hydrogen-bond acceptors (Lipinski definition) is 3. The van der Waals surface area contributed by atoms with E-state index in [0.29, 0.717) is 0 Å². The van der Waals surface area contributed by atoms with Crippen molar-refractivity contribution in [1.29, 1.82) is 0 Å². The van der Waals surface area contributed by atoms with Crippen molar-refractivity contribution in [2.24, 2.45) is 0 Å². The van der Waals surface area contributed by atoms with Crippen molar-refractivity contribution >= 4 is 10.1 Å². The van der Waals surface area contributed by atoms with Gasteiger partial charge in [0.05, 0.1) is 11.0 Å². The van der Waals surface area contributed by atoms with Crippen LogP contribution in [0.5, 0.6) is 0 Å². The lowest BCUT2D eigenvalue weighted by molar-refractivity contribution is 0.186. The zero-order valence-corrected chi connectivity index (χ0v) is 11.2.